The van der Waals surface area contributed by atoms with E-state index in [1.165, 1.54) is 38.5 Å². The zero-order valence-corrected chi connectivity index (χ0v) is 20.1. The molecule has 0 spiro atoms. The lowest BCUT2D eigenvalue weighted by Crippen LogP contribution is -2.38. The van der Waals surface area contributed by atoms with Gasteiger partial charge in [0.05, 0.1) is 5.41 Å². The highest BCUT2D eigenvalue weighted by Crippen LogP contribution is 2.29. The fourth-order valence-corrected chi connectivity index (χ4v) is 3.74. The first-order valence-corrected chi connectivity index (χ1v) is 12.4. The third kappa shape index (κ3) is 11.4. The van der Waals surface area contributed by atoms with Crippen LogP contribution >= 0.6 is 0 Å². The van der Waals surface area contributed by atoms with Crippen LogP contribution in [0.25, 0.3) is 0 Å². The zero-order chi connectivity index (χ0) is 22.8. The van der Waals surface area contributed by atoms with E-state index < -0.39 is 5.41 Å². The van der Waals surface area contributed by atoms with Crippen molar-refractivity contribution in [2.75, 3.05) is 13.2 Å². The minimum atomic E-state index is -0.503. The van der Waals surface area contributed by atoms with Crippen LogP contribution in [0.1, 0.15) is 110 Å². The molecule has 0 saturated carbocycles. The molecule has 0 saturated heterocycles. The lowest BCUT2D eigenvalue weighted by atomic mass is 9.79. The summed E-state index contributed by atoms with van der Waals surface area (Å²) in [5.41, 5.74) is 0.542. The van der Waals surface area contributed by atoms with Crippen LogP contribution in [0.5, 0.6) is 0 Å². The summed E-state index contributed by atoms with van der Waals surface area (Å²) in [4.78, 5) is 24.6. The molecule has 0 atom stereocenters. The third-order valence-electron chi connectivity index (χ3n) is 6.05. The molecular formula is C27H44O4. The SMILES string of the molecule is CCCCCCCC(=O)OCC(CC)(COC(=O)CCCCCCC)c1ccccc1. The minimum Gasteiger partial charge on any atom is -0.465 e. The average Bonchev–Trinajstić information content (AvgIpc) is 2.80. The van der Waals surface area contributed by atoms with E-state index in [9.17, 15) is 9.59 Å². The third-order valence-corrected chi connectivity index (χ3v) is 6.05. The Hall–Kier alpha value is -1.84. The summed E-state index contributed by atoms with van der Waals surface area (Å²) in [6.07, 6.45) is 12.7. The van der Waals surface area contributed by atoms with Gasteiger partial charge in [0.25, 0.3) is 0 Å². The summed E-state index contributed by atoms with van der Waals surface area (Å²) >= 11 is 0. The van der Waals surface area contributed by atoms with E-state index >= 15 is 0 Å². The lowest BCUT2D eigenvalue weighted by molar-refractivity contribution is -0.150. The Labute approximate surface area is 190 Å². The Morgan fingerprint density at radius 2 is 1.13 bits per heavy atom. The van der Waals surface area contributed by atoms with Crippen molar-refractivity contribution in [3.05, 3.63) is 35.9 Å². The van der Waals surface area contributed by atoms with Crippen LogP contribution in [0, 0.1) is 0 Å². The molecule has 0 unspecified atom stereocenters. The summed E-state index contributed by atoms with van der Waals surface area (Å²) in [5.74, 6) is -0.319. The molecule has 1 aromatic carbocycles. The Morgan fingerprint density at radius 3 is 1.55 bits per heavy atom. The Morgan fingerprint density at radius 1 is 0.677 bits per heavy atom. The number of rotatable bonds is 18. The van der Waals surface area contributed by atoms with Crippen LogP contribution in [0.3, 0.4) is 0 Å². The number of esters is 2. The summed E-state index contributed by atoms with van der Waals surface area (Å²) in [6, 6.07) is 9.98. The molecule has 31 heavy (non-hydrogen) atoms. The molecule has 1 aromatic rings. The highest BCUT2D eigenvalue weighted by molar-refractivity contribution is 5.70. The van der Waals surface area contributed by atoms with Gasteiger partial charge in [-0.15, -0.1) is 0 Å². The maximum Gasteiger partial charge on any atom is 0.305 e. The fraction of sp³-hybridized carbons (Fsp3) is 0.704. The monoisotopic (exact) mass is 432 g/mol. The molecule has 176 valence electrons. The van der Waals surface area contributed by atoms with Gasteiger partial charge in [-0.25, -0.2) is 0 Å². The van der Waals surface area contributed by atoms with Crippen molar-refractivity contribution in [2.24, 2.45) is 0 Å². The van der Waals surface area contributed by atoms with Crippen molar-refractivity contribution < 1.29 is 19.1 Å². The topological polar surface area (TPSA) is 52.6 Å². The summed E-state index contributed by atoms with van der Waals surface area (Å²) < 4.78 is 11.4. The van der Waals surface area contributed by atoms with Gasteiger partial charge in [0.2, 0.25) is 0 Å². The van der Waals surface area contributed by atoms with Crippen molar-refractivity contribution in [1.82, 2.24) is 0 Å². The first-order valence-electron chi connectivity index (χ1n) is 12.4. The maximum atomic E-state index is 12.3. The van der Waals surface area contributed by atoms with E-state index in [4.69, 9.17) is 9.47 Å². The van der Waals surface area contributed by atoms with Crippen LogP contribution in [0.15, 0.2) is 30.3 Å². The molecule has 4 heteroatoms. The van der Waals surface area contributed by atoms with Gasteiger partial charge in [0, 0.05) is 12.8 Å². The molecule has 0 aliphatic rings. The van der Waals surface area contributed by atoms with E-state index in [1.807, 2.05) is 30.3 Å². The molecule has 0 N–H and O–H groups in total. The second kappa shape index (κ2) is 16.8. The van der Waals surface area contributed by atoms with E-state index in [0.29, 0.717) is 12.8 Å². The molecule has 0 heterocycles. The molecule has 0 aromatic heterocycles. The molecule has 4 nitrogen and oxygen atoms in total. The van der Waals surface area contributed by atoms with E-state index in [0.717, 1.165) is 37.7 Å². The van der Waals surface area contributed by atoms with Gasteiger partial charge in [0.1, 0.15) is 13.2 Å². The van der Waals surface area contributed by atoms with Crippen molar-refractivity contribution in [2.45, 2.75) is 110 Å². The predicted molar refractivity (Wildman–Crippen MR) is 127 cm³/mol. The van der Waals surface area contributed by atoms with Gasteiger partial charge in [-0.3, -0.25) is 9.59 Å². The van der Waals surface area contributed by atoms with Gasteiger partial charge in [-0.05, 0) is 24.8 Å². The predicted octanol–water partition coefficient (Wildman–Crippen LogP) is 7.14. The van der Waals surface area contributed by atoms with Crippen molar-refractivity contribution in [1.29, 1.82) is 0 Å². The largest absolute Gasteiger partial charge is 0.465 e. The van der Waals surface area contributed by atoms with Crippen LogP contribution in [0.2, 0.25) is 0 Å². The quantitative estimate of drug-likeness (QED) is 0.183. The van der Waals surface area contributed by atoms with Crippen molar-refractivity contribution in [3.8, 4) is 0 Å². The summed E-state index contributed by atoms with van der Waals surface area (Å²) in [6.45, 7) is 6.91. The Balaban J connectivity index is 2.60. The zero-order valence-electron chi connectivity index (χ0n) is 20.1. The standard InChI is InChI=1S/C27H44O4/c1-4-7-9-11-16-20-25(28)30-22-27(6-3,24-18-14-13-15-19-24)23-31-26(29)21-17-12-10-8-5-2/h13-15,18-19H,4-12,16-17,20-23H2,1-3H3. The minimum absolute atomic E-state index is 0.160. The highest BCUT2D eigenvalue weighted by Gasteiger charge is 2.34. The van der Waals surface area contributed by atoms with Gasteiger partial charge in [0.15, 0.2) is 0 Å². The number of unbranched alkanes of at least 4 members (excludes halogenated alkanes) is 8. The average molecular weight is 433 g/mol. The number of hydrogen-bond donors (Lipinski definition) is 0. The number of carbonyl (C=O) groups excluding carboxylic acids is 2. The lowest BCUT2D eigenvalue weighted by Gasteiger charge is -2.32. The van der Waals surface area contributed by atoms with Gasteiger partial charge >= 0.3 is 11.9 Å². The summed E-state index contributed by atoms with van der Waals surface area (Å²) in [7, 11) is 0. The van der Waals surface area contributed by atoms with E-state index in [1.54, 1.807) is 0 Å². The fourth-order valence-electron chi connectivity index (χ4n) is 3.74. The Kier molecular flexibility index (Phi) is 14.7. The first-order chi connectivity index (χ1) is 15.1. The van der Waals surface area contributed by atoms with E-state index in [2.05, 4.69) is 20.8 Å². The molecule has 0 fully saturated rings. The van der Waals surface area contributed by atoms with Crippen molar-refractivity contribution in [3.63, 3.8) is 0 Å². The van der Waals surface area contributed by atoms with Crippen LogP contribution in [-0.4, -0.2) is 25.2 Å². The number of ether oxygens (including phenoxy) is 2. The number of hydrogen-bond acceptors (Lipinski definition) is 4. The summed E-state index contributed by atoms with van der Waals surface area (Å²) in [5, 5.41) is 0. The molecule has 0 amide bonds. The number of benzene rings is 1. The molecular weight excluding hydrogens is 388 g/mol. The van der Waals surface area contributed by atoms with E-state index in [-0.39, 0.29) is 25.2 Å². The highest BCUT2D eigenvalue weighted by atomic mass is 16.5. The van der Waals surface area contributed by atoms with Gasteiger partial charge in [-0.1, -0.05) is 102 Å². The van der Waals surface area contributed by atoms with Gasteiger partial charge in [-0.2, -0.15) is 0 Å². The molecule has 0 aliphatic carbocycles. The molecule has 0 bridgehead atoms. The second-order valence-electron chi connectivity index (χ2n) is 8.65. The van der Waals surface area contributed by atoms with Crippen LogP contribution < -0.4 is 0 Å². The van der Waals surface area contributed by atoms with Gasteiger partial charge < -0.3 is 9.47 Å². The molecule has 0 aliphatic heterocycles. The Bertz CT molecular complexity index is 567. The van der Waals surface area contributed by atoms with Crippen molar-refractivity contribution >= 4 is 11.9 Å². The maximum absolute atomic E-state index is 12.3. The smallest absolute Gasteiger partial charge is 0.305 e. The van der Waals surface area contributed by atoms with Crippen LogP contribution in [-0.2, 0) is 24.5 Å². The number of carbonyl (C=O) groups is 2. The molecule has 0 radical (unpaired) electrons. The normalized spacial score (nSPS) is 11.3. The molecule has 1 rings (SSSR count). The first kappa shape index (κ1) is 27.2. The second-order valence-corrected chi connectivity index (χ2v) is 8.65. The van der Waals surface area contributed by atoms with Crippen LogP contribution in [0.4, 0.5) is 0 Å².